The first kappa shape index (κ1) is 11.7. The standard InChI is InChI=1S/C12H11ClN6/c13-8-3-1-2-7(4-8)5-15-10-9-6-16-19-11(9)18-12(14)17-10/h1-4,6H,5H2,(H4,14,15,16,17,18,19). The van der Waals surface area contributed by atoms with Crippen molar-refractivity contribution in [3.05, 3.63) is 41.0 Å². The number of anilines is 2. The molecule has 2 aromatic heterocycles. The highest BCUT2D eigenvalue weighted by molar-refractivity contribution is 6.30. The molecule has 96 valence electrons. The molecule has 0 aliphatic carbocycles. The van der Waals surface area contributed by atoms with Crippen molar-refractivity contribution in [1.82, 2.24) is 20.2 Å². The second-order valence-electron chi connectivity index (χ2n) is 4.05. The van der Waals surface area contributed by atoms with E-state index in [1.807, 2.05) is 24.3 Å². The fourth-order valence-electron chi connectivity index (χ4n) is 1.82. The van der Waals surface area contributed by atoms with Crippen molar-refractivity contribution in [3.8, 4) is 0 Å². The SMILES string of the molecule is Nc1nc(NCc2cccc(Cl)c2)c2cn[nH]c2n1. The maximum absolute atomic E-state index is 5.94. The largest absolute Gasteiger partial charge is 0.368 e. The van der Waals surface area contributed by atoms with Crippen molar-refractivity contribution < 1.29 is 0 Å². The summed E-state index contributed by atoms with van der Waals surface area (Å²) in [6, 6.07) is 7.62. The molecule has 6 nitrogen and oxygen atoms in total. The number of halogens is 1. The third-order valence-corrected chi connectivity index (χ3v) is 2.91. The van der Waals surface area contributed by atoms with Crippen LogP contribution in [0.5, 0.6) is 0 Å². The number of rotatable bonds is 3. The topological polar surface area (TPSA) is 92.5 Å². The van der Waals surface area contributed by atoms with Gasteiger partial charge in [0.2, 0.25) is 5.95 Å². The lowest BCUT2D eigenvalue weighted by atomic mass is 10.2. The number of H-pyrrole nitrogens is 1. The van der Waals surface area contributed by atoms with Crippen LogP contribution in [0.1, 0.15) is 5.56 Å². The highest BCUT2D eigenvalue weighted by Crippen LogP contribution is 2.20. The summed E-state index contributed by atoms with van der Waals surface area (Å²) in [5, 5.41) is 11.4. The van der Waals surface area contributed by atoms with E-state index in [0.717, 1.165) is 10.9 Å². The number of aromatic nitrogens is 4. The molecule has 3 aromatic rings. The van der Waals surface area contributed by atoms with Gasteiger partial charge >= 0.3 is 0 Å². The number of benzene rings is 1. The molecule has 0 radical (unpaired) electrons. The van der Waals surface area contributed by atoms with Gasteiger partial charge in [0.05, 0.1) is 11.6 Å². The van der Waals surface area contributed by atoms with Crippen LogP contribution in [0.15, 0.2) is 30.5 Å². The summed E-state index contributed by atoms with van der Waals surface area (Å²) < 4.78 is 0. The average molecular weight is 275 g/mol. The average Bonchev–Trinajstić information content (AvgIpc) is 2.84. The van der Waals surface area contributed by atoms with Gasteiger partial charge < -0.3 is 11.1 Å². The van der Waals surface area contributed by atoms with Gasteiger partial charge in [-0.25, -0.2) is 0 Å². The summed E-state index contributed by atoms with van der Waals surface area (Å²) in [6.07, 6.45) is 1.66. The summed E-state index contributed by atoms with van der Waals surface area (Å²) in [5.74, 6) is 0.849. The van der Waals surface area contributed by atoms with Gasteiger partial charge in [0, 0.05) is 11.6 Å². The fourth-order valence-corrected chi connectivity index (χ4v) is 2.03. The highest BCUT2D eigenvalue weighted by atomic mass is 35.5. The number of hydrogen-bond acceptors (Lipinski definition) is 5. The Morgan fingerprint density at radius 1 is 1.32 bits per heavy atom. The van der Waals surface area contributed by atoms with E-state index < -0.39 is 0 Å². The maximum Gasteiger partial charge on any atom is 0.224 e. The van der Waals surface area contributed by atoms with Gasteiger partial charge in [0.1, 0.15) is 5.82 Å². The molecule has 1 aromatic carbocycles. The van der Waals surface area contributed by atoms with Crippen LogP contribution in [-0.2, 0) is 6.54 Å². The van der Waals surface area contributed by atoms with Crippen LogP contribution in [0.2, 0.25) is 5.02 Å². The van der Waals surface area contributed by atoms with E-state index in [1.165, 1.54) is 0 Å². The molecule has 0 atom stereocenters. The Balaban J connectivity index is 1.87. The van der Waals surface area contributed by atoms with Crippen LogP contribution >= 0.6 is 11.6 Å². The molecule has 0 spiro atoms. The second-order valence-corrected chi connectivity index (χ2v) is 4.48. The van der Waals surface area contributed by atoms with E-state index in [9.17, 15) is 0 Å². The van der Waals surface area contributed by atoms with Gasteiger partial charge in [0.15, 0.2) is 5.65 Å². The molecule has 0 aliphatic rings. The van der Waals surface area contributed by atoms with E-state index in [-0.39, 0.29) is 5.95 Å². The summed E-state index contributed by atoms with van der Waals surface area (Å²) >= 11 is 5.94. The number of fused-ring (bicyclic) bond motifs is 1. The highest BCUT2D eigenvalue weighted by Gasteiger charge is 2.07. The number of nitrogens with two attached hydrogens (primary N) is 1. The molecule has 0 bridgehead atoms. The van der Waals surface area contributed by atoms with Crippen LogP contribution < -0.4 is 11.1 Å². The molecule has 0 amide bonds. The second kappa shape index (κ2) is 4.74. The van der Waals surface area contributed by atoms with Gasteiger partial charge in [-0.2, -0.15) is 15.1 Å². The molecule has 0 saturated heterocycles. The Kier molecular flexibility index (Phi) is 2.92. The van der Waals surface area contributed by atoms with Crippen molar-refractivity contribution >= 4 is 34.4 Å². The normalized spacial score (nSPS) is 10.8. The Labute approximate surface area is 114 Å². The first-order chi connectivity index (χ1) is 9.22. The lowest BCUT2D eigenvalue weighted by Crippen LogP contribution is -2.05. The van der Waals surface area contributed by atoms with Crippen LogP contribution in [0.25, 0.3) is 11.0 Å². The van der Waals surface area contributed by atoms with E-state index in [0.29, 0.717) is 23.0 Å². The zero-order valence-electron chi connectivity index (χ0n) is 9.89. The molecule has 0 unspecified atom stereocenters. The quantitative estimate of drug-likeness (QED) is 0.681. The van der Waals surface area contributed by atoms with Crippen molar-refractivity contribution in [1.29, 1.82) is 0 Å². The smallest absolute Gasteiger partial charge is 0.224 e. The molecule has 0 saturated carbocycles. The summed E-state index contributed by atoms with van der Waals surface area (Å²) in [5.41, 5.74) is 7.31. The number of nitrogens with one attached hydrogen (secondary N) is 2. The van der Waals surface area contributed by atoms with Crippen LogP contribution in [0, 0.1) is 0 Å². The molecular formula is C12H11ClN6. The molecule has 0 fully saturated rings. The van der Waals surface area contributed by atoms with Gasteiger partial charge in [-0.3, -0.25) is 5.10 Å². The summed E-state index contributed by atoms with van der Waals surface area (Å²) in [7, 11) is 0. The van der Waals surface area contributed by atoms with Crippen molar-refractivity contribution in [2.75, 3.05) is 11.1 Å². The first-order valence-corrected chi connectivity index (χ1v) is 6.05. The third-order valence-electron chi connectivity index (χ3n) is 2.68. The number of hydrogen-bond donors (Lipinski definition) is 3. The fraction of sp³-hybridized carbons (Fsp3) is 0.0833. The van der Waals surface area contributed by atoms with E-state index in [4.69, 9.17) is 17.3 Å². The maximum atomic E-state index is 5.94. The lowest BCUT2D eigenvalue weighted by molar-refractivity contribution is 1.08. The van der Waals surface area contributed by atoms with Crippen molar-refractivity contribution in [3.63, 3.8) is 0 Å². The predicted octanol–water partition coefficient (Wildman–Crippen LogP) is 2.20. The Morgan fingerprint density at radius 3 is 3.05 bits per heavy atom. The molecule has 7 heteroatoms. The summed E-state index contributed by atoms with van der Waals surface area (Å²) in [4.78, 5) is 8.23. The van der Waals surface area contributed by atoms with E-state index in [2.05, 4.69) is 25.5 Å². The zero-order chi connectivity index (χ0) is 13.2. The summed E-state index contributed by atoms with van der Waals surface area (Å²) in [6.45, 7) is 0.595. The number of nitrogens with zero attached hydrogens (tertiary/aromatic N) is 3. The van der Waals surface area contributed by atoms with Gasteiger partial charge in [0.25, 0.3) is 0 Å². The molecule has 2 heterocycles. The van der Waals surface area contributed by atoms with Gasteiger partial charge in [-0.1, -0.05) is 23.7 Å². The van der Waals surface area contributed by atoms with Crippen LogP contribution in [0.4, 0.5) is 11.8 Å². The zero-order valence-corrected chi connectivity index (χ0v) is 10.6. The minimum absolute atomic E-state index is 0.199. The minimum Gasteiger partial charge on any atom is -0.368 e. The number of aromatic amines is 1. The molecule has 3 rings (SSSR count). The van der Waals surface area contributed by atoms with Gasteiger partial charge in [-0.15, -0.1) is 0 Å². The van der Waals surface area contributed by atoms with Crippen molar-refractivity contribution in [2.45, 2.75) is 6.54 Å². The van der Waals surface area contributed by atoms with E-state index >= 15 is 0 Å². The molecule has 0 aliphatic heterocycles. The van der Waals surface area contributed by atoms with Crippen molar-refractivity contribution in [2.24, 2.45) is 0 Å². The third kappa shape index (κ3) is 2.43. The predicted molar refractivity (Wildman–Crippen MR) is 74.9 cm³/mol. The number of nitrogen functional groups attached to an aromatic ring is 1. The van der Waals surface area contributed by atoms with Crippen LogP contribution in [-0.4, -0.2) is 20.2 Å². The van der Waals surface area contributed by atoms with Crippen LogP contribution in [0.3, 0.4) is 0 Å². The Bertz CT molecular complexity index is 723. The Hall–Kier alpha value is -2.34. The first-order valence-electron chi connectivity index (χ1n) is 5.67. The molecular weight excluding hydrogens is 264 g/mol. The van der Waals surface area contributed by atoms with Gasteiger partial charge in [-0.05, 0) is 17.7 Å². The minimum atomic E-state index is 0.199. The monoisotopic (exact) mass is 274 g/mol. The lowest BCUT2D eigenvalue weighted by Gasteiger charge is -2.07. The molecule has 4 N–H and O–H groups in total. The Morgan fingerprint density at radius 2 is 2.21 bits per heavy atom. The molecule has 19 heavy (non-hydrogen) atoms. The van der Waals surface area contributed by atoms with E-state index in [1.54, 1.807) is 6.20 Å².